The summed E-state index contributed by atoms with van der Waals surface area (Å²) in [6, 6.07) is 5.24. The molecule has 0 aliphatic heterocycles. The maximum absolute atomic E-state index is 12.4. The first-order chi connectivity index (χ1) is 9.56. The molecule has 0 aliphatic carbocycles. The Balaban J connectivity index is 2.22. The van der Waals surface area contributed by atoms with Gasteiger partial charge in [0, 0.05) is 23.3 Å². The van der Waals surface area contributed by atoms with E-state index in [0.29, 0.717) is 15.4 Å². The van der Waals surface area contributed by atoms with Crippen molar-refractivity contribution in [1.82, 2.24) is 19.3 Å². The number of para-hydroxylation sites is 1. The van der Waals surface area contributed by atoms with E-state index in [1.165, 1.54) is 4.57 Å². The topological polar surface area (TPSA) is 72.7 Å². The number of aromatic amines is 1. The highest BCUT2D eigenvalue weighted by molar-refractivity contribution is 9.10. The average Bonchev–Trinajstić information content (AvgIpc) is 2.82. The van der Waals surface area contributed by atoms with Gasteiger partial charge in [0.05, 0.1) is 23.6 Å². The van der Waals surface area contributed by atoms with E-state index in [4.69, 9.17) is 0 Å². The zero-order chi connectivity index (χ0) is 14.3. The molecule has 3 rings (SSSR count). The summed E-state index contributed by atoms with van der Waals surface area (Å²) in [6.45, 7) is 0.199. The summed E-state index contributed by atoms with van der Waals surface area (Å²) in [7, 11) is 1.79. The van der Waals surface area contributed by atoms with Crippen LogP contribution in [0.3, 0.4) is 0 Å². The first kappa shape index (κ1) is 12.9. The van der Waals surface area contributed by atoms with Crippen molar-refractivity contribution in [3.05, 3.63) is 61.5 Å². The van der Waals surface area contributed by atoms with E-state index in [1.807, 2.05) is 0 Å². The number of aromatic nitrogens is 4. The quantitative estimate of drug-likeness (QED) is 0.766. The van der Waals surface area contributed by atoms with Gasteiger partial charge in [-0.1, -0.05) is 6.07 Å². The predicted octanol–water partition coefficient (Wildman–Crippen LogP) is 1.23. The highest BCUT2D eigenvalue weighted by atomic mass is 79.9. The van der Waals surface area contributed by atoms with Crippen molar-refractivity contribution < 1.29 is 0 Å². The first-order valence-corrected chi connectivity index (χ1v) is 6.74. The molecule has 1 N–H and O–H groups in total. The van der Waals surface area contributed by atoms with Crippen LogP contribution >= 0.6 is 15.9 Å². The van der Waals surface area contributed by atoms with E-state index in [1.54, 1.807) is 42.3 Å². The van der Waals surface area contributed by atoms with E-state index in [-0.39, 0.29) is 12.1 Å². The number of benzene rings is 1. The van der Waals surface area contributed by atoms with Crippen LogP contribution < -0.4 is 11.2 Å². The second-order valence-corrected chi connectivity index (χ2v) is 5.36. The molecular weight excluding hydrogens is 324 g/mol. The van der Waals surface area contributed by atoms with Crippen molar-refractivity contribution in [1.29, 1.82) is 0 Å². The minimum atomic E-state index is -0.432. The molecule has 0 aliphatic rings. The third kappa shape index (κ3) is 2.09. The van der Waals surface area contributed by atoms with Crippen LogP contribution in [0.25, 0.3) is 10.9 Å². The monoisotopic (exact) mass is 334 g/mol. The average molecular weight is 335 g/mol. The lowest BCUT2D eigenvalue weighted by molar-refractivity contribution is 0.709. The van der Waals surface area contributed by atoms with Gasteiger partial charge in [-0.25, -0.2) is 4.79 Å². The van der Waals surface area contributed by atoms with Crippen molar-refractivity contribution in [3.63, 3.8) is 0 Å². The second kappa shape index (κ2) is 4.75. The van der Waals surface area contributed by atoms with Crippen LogP contribution in [0.4, 0.5) is 0 Å². The molecular formula is C13H11BrN4O2. The fourth-order valence-electron chi connectivity index (χ4n) is 2.12. The standard InChI is InChI=1S/C13H11BrN4O2/c1-17-6-8(5-15-17)7-18-12(19)9-3-2-4-10(14)11(9)16-13(18)20/h2-6H,7H2,1H3,(H,16,20). The molecule has 0 bridgehead atoms. The fraction of sp³-hybridized carbons (Fsp3) is 0.154. The molecule has 0 spiro atoms. The van der Waals surface area contributed by atoms with Gasteiger partial charge < -0.3 is 4.98 Å². The highest BCUT2D eigenvalue weighted by Crippen LogP contribution is 2.17. The summed E-state index contributed by atoms with van der Waals surface area (Å²) in [4.78, 5) is 27.2. The Morgan fingerprint density at radius 1 is 1.35 bits per heavy atom. The number of nitrogens with zero attached hydrogens (tertiary/aromatic N) is 3. The highest BCUT2D eigenvalue weighted by Gasteiger charge is 2.10. The molecule has 7 heteroatoms. The van der Waals surface area contributed by atoms with Gasteiger partial charge in [-0.3, -0.25) is 14.0 Å². The van der Waals surface area contributed by atoms with Crippen LogP contribution in [0.15, 0.2) is 44.7 Å². The molecule has 2 heterocycles. The van der Waals surface area contributed by atoms with E-state index in [0.717, 1.165) is 5.56 Å². The minimum Gasteiger partial charge on any atom is -0.306 e. The third-order valence-corrected chi connectivity index (χ3v) is 3.73. The SMILES string of the molecule is Cn1cc(Cn2c(=O)[nH]c3c(Br)cccc3c2=O)cn1. The largest absolute Gasteiger partial charge is 0.329 e. The maximum Gasteiger partial charge on any atom is 0.329 e. The van der Waals surface area contributed by atoms with Gasteiger partial charge >= 0.3 is 5.69 Å². The molecule has 0 unspecified atom stereocenters. The summed E-state index contributed by atoms with van der Waals surface area (Å²) in [6.07, 6.45) is 3.41. The second-order valence-electron chi connectivity index (χ2n) is 4.51. The molecule has 2 aromatic heterocycles. The van der Waals surface area contributed by atoms with E-state index >= 15 is 0 Å². The Bertz CT molecular complexity index is 907. The van der Waals surface area contributed by atoms with Gasteiger partial charge in [0.15, 0.2) is 0 Å². The number of halogens is 1. The van der Waals surface area contributed by atoms with Crippen molar-refractivity contribution in [2.24, 2.45) is 7.05 Å². The Labute approximate surface area is 121 Å². The van der Waals surface area contributed by atoms with Crippen LogP contribution in [-0.4, -0.2) is 19.3 Å². The number of aryl methyl sites for hydroxylation is 1. The van der Waals surface area contributed by atoms with Gasteiger partial charge in [-0.2, -0.15) is 5.10 Å². The number of nitrogens with one attached hydrogen (secondary N) is 1. The number of rotatable bonds is 2. The zero-order valence-electron chi connectivity index (χ0n) is 10.6. The van der Waals surface area contributed by atoms with Crippen LogP contribution in [0.1, 0.15) is 5.56 Å². The Morgan fingerprint density at radius 3 is 2.85 bits per heavy atom. The molecule has 1 aromatic carbocycles. The molecule has 0 radical (unpaired) electrons. The van der Waals surface area contributed by atoms with Crippen LogP contribution in [0.5, 0.6) is 0 Å². The van der Waals surface area contributed by atoms with Crippen LogP contribution in [0, 0.1) is 0 Å². The van der Waals surface area contributed by atoms with E-state index in [2.05, 4.69) is 26.0 Å². The van der Waals surface area contributed by atoms with Crippen LogP contribution in [0.2, 0.25) is 0 Å². The smallest absolute Gasteiger partial charge is 0.306 e. The van der Waals surface area contributed by atoms with Gasteiger partial charge in [0.1, 0.15) is 0 Å². The summed E-state index contributed by atoms with van der Waals surface area (Å²) < 4.78 is 3.50. The van der Waals surface area contributed by atoms with Crippen molar-refractivity contribution in [3.8, 4) is 0 Å². The first-order valence-electron chi connectivity index (χ1n) is 5.95. The fourth-order valence-corrected chi connectivity index (χ4v) is 2.59. The maximum atomic E-state index is 12.4. The molecule has 0 saturated carbocycles. The number of H-pyrrole nitrogens is 1. The molecule has 0 fully saturated rings. The third-order valence-electron chi connectivity index (χ3n) is 3.07. The summed E-state index contributed by atoms with van der Waals surface area (Å²) in [5.41, 5.74) is 0.575. The summed E-state index contributed by atoms with van der Waals surface area (Å²) in [5, 5.41) is 4.50. The lowest BCUT2D eigenvalue weighted by atomic mass is 10.2. The normalized spacial score (nSPS) is 11.1. The number of hydrogen-bond acceptors (Lipinski definition) is 3. The van der Waals surface area contributed by atoms with Gasteiger partial charge in [0.2, 0.25) is 0 Å². The molecule has 0 amide bonds. The number of fused-ring (bicyclic) bond motifs is 1. The van der Waals surface area contributed by atoms with Crippen molar-refractivity contribution in [2.75, 3.05) is 0 Å². The summed E-state index contributed by atoms with van der Waals surface area (Å²) in [5.74, 6) is 0. The lowest BCUT2D eigenvalue weighted by Crippen LogP contribution is -2.35. The predicted molar refractivity (Wildman–Crippen MR) is 78.8 cm³/mol. The van der Waals surface area contributed by atoms with Gasteiger partial charge in [0.25, 0.3) is 5.56 Å². The summed E-state index contributed by atoms with van der Waals surface area (Å²) >= 11 is 3.33. The van der Waals surface area contributed by atoms with Crippen molar-refractivity contribution >= 4 is 26.8 Å². The Hall–Kier alpha value is -2.15. The van der Waals surface area contributed by atoms with Crippen LogP contribution in [-0.2, 0) is 13.6 Å². The Morgan fingerprint density at radius 2 is 2.15 bits per heavy atom. The Kier molecular flexibility index (Phi) is 3.06. The van der Waals surface area contributed by atoms with Gasteiger partial charge in [-0.05, 0) is 28.1 Å². The number of hydrogen-bond donors (Lipinski definition) is 1. The minimum absolute atomic E-state index is 0.199. The molecule has 0 saturated heterocycles. The molecule has 0 atom stereocenters. The van der Waals surface area contributed by atoms with E-state index < -0.39 is 5.69 Å². The van der Waals surface area contributed by atoms with Gasteiger partial charge in [-0.15, -0.1) is 0 Å². The van der Waals surface area contributed by atoms with E-state index in [9.17, 15) is 9.59 Å². The molecule has 102 valence electrons. The lowest BCUT2D eigenvalue weighted by Gasteiger charge is -2.06. The molecule has 3 aromatic rings. The zero-order valence-corrected chi connectivity index (χ0v) is 12.2. The molecule has 6 nitrogen and oxygen atoms in total. The molecule has 20 heavy (non-hydrogen) atoms. The van der Waals surface area contributed by atoms with Crippen molar-refractivity contribution in [2.45, 2.75) is 6.54 Å².